The lowest BCUT2D eigenvalue weighted by atomic mass is 10.0. The Labute approximate surface area is 159 Å². The van der Waals surface area contributed by atoms with Crippen molar-refractivity contribution >= 4 is 27.3 Å². The molecule has 2 aliphatic heterocycles. The Bertz CT molecular complexity index is 970. The summed E-state index contributed by atoms with van der Waals surface area (Å²) in [5.74, 6) is 0.260. The molecule has 0 aliphatic carbocycles. The number of carbonyl (C=O) groups excluding carboxylic acids is 1. The molecule has 2 heterocycles. The van der Waals surface area contributed by atoms with Gasteiger partial charge in [0.25, 0.3) is 0 Å². The molecule has 2 aromatic rings. The molecule has 27 heavy (non-hydrogen) atoms. The molecule has 0 bridgehead atoms. The number of nitrogens with zero attached hydrogens (tertiary/aromatic N) is 1. The predicted octanol–water partition coefficient (Wildman–Crippen LogP) is 2.69. The first-order valence-electron chi connectivity index (χ1n) is 9.14. The fraction of sp³-hybridized carbons (Fsp3) is 0.350. The van der Waals surface area contributed by atoms with Crippen LogP contribution in [0.5, 0.6) is 0 Å². The molecule has 6 nitrogen and oxygen atoms in total. The zero-order valence-corrected chi connectivity index (χ0v) is 16.2. The maximum Gasteiger partial charge on any atom is 0.247 e. The Morgan fingerprint density at radius 2 is 1.81 bits per heavy atom. The number of sulfonamides is 1. The number of fused-ring (bicyclic) bond motifs is 3. The normalized spacial score (nSPS) is 21.7. The summed E-state index contributed by atoms with van der Waals surface area (Å²) in [5, 5.41) is 2.91. The van der Waals surface area contributed by atoms with E-state index in [1.165, 1.54) is 0 Å². The van der Waals surface area contributed by atoms with Crippen LogP contribution in [-0.4, -0.2) is 33.0 Å². The molecule has 1 fully saturated rings. The molecule has 1 saturated heterocycles. The van der Waals surface area contributed by atoms with E-state index in [1.807, 2.05) is 41.3 Å². The van der Waals surface area contributed by atoms with Gasteiger partial charge in [-0.05, 0) is 42.2 Å². The van der Waals surface area contributed by atoms with E-state index in [4.69, 9.17) is 0 Å². The minimum Gasteiger partial charge on any atom is -0.356 e. The highest BCUT2D eigenvalue weighted by molar-refractivity contribution is 7.89. The number of hydrogen-bond acceptors (Lipinski definition) is 4. The molecule has 7 heteroatoms. The maximum atomic E-state index is 12.8. The summed E-state index contributed by atoms with van der Waals surface area (Å²) in [7, 11) is -3.63. The Kier molecular flexibility index (Phi) is 4.44. The molecule has 2 atom stereocenters. The first-order chi connectivity index (χ1) is 12.8. The third kappa shape index (κ3) is 3.33. The van der Waals surface area contributed by atoms with Gasteiger partial charge >= 0.3 is 0 Å². The second kappa shape index (κ2) is 6.65. The smallest absolute Gasteiger partial charge is 0.247 e. The number of para-hydroxylation sites is 2. The maximum absolute atomic E-state index is 12.8. The molecule has 0 radical (unpaired) electrons. The van der Waals surface area contributed by atoms with Crippen molar-refractivity contribution in [3.05, 3.63) is 54.1 Å². The second-order valence-electron chi connectivity index (χ2n) is 7.45. The molecular formula is C20H23N3O3S. The molecule has 142 valence electrons. The summed E-state index contributed by atoms with van der Waals surface area (Å²) in [4.78, 5) is 14.6. The molecule has 2 N–H and O–H groups in total. The summed E-state index contributed by atoms with van der Waals surface area (Å²) in [6.07, 6.45) is 0.448. The summed E-state index contributed by atoms with van der Waals surface area (Å²) in [6.45, 7) is 4.61. The summed E-state index contributed by atoms with van der Waals surface area (Å²) in [6, 6.07) is 13.9. The van der Waals surface area contributed by atoms with Crippen LogP contribution in [0.2, 0.25) is 0 Å². The molecule has 0 aromatic heterocycles. The van der Waals surface area contributed by atoms with Crippen LogP contribution >= 0.6 is 0 Å². The highest BCUT2D eigenvalue weighted by Crippen LogP contribution is 2.36. The lowest BCUT2D eigenvalue weighted by molar-refractivity contribution is -0.117. The van der Waals surface area contributed by atoms with Crippen molar-refractivity contribution in [3.8, 4) is 0 Å². The fourth-order valence-corrected chi connectivity index (χ4v) is 5.04. The first kappa shape index (κ1) is 18.0. The van der Waals surface area contributed by atoms with Gasteiger partial charge in [0.15, 0.2) is 0 Å². The van der Waals surface area contributed by atoms with Gasteiger partial charge in [0.1, 0.15) is 6.04 Å². The van der Waals surface area contributed by atoms with Crippen molar-refractivity contribution in [2.24, 2.45) is 0 Å². The van der Waals surface area contributed by atoms with Crippen LogP contribution in [0.25, 0.3) is 0 Å². The van der Waals surface area contributed by atoms with Crippen LogP contribution in [0.3, 0.4) is 0 Å². The standard InChI is InChI=1S/C20H23N3O3S/c1-13(2)14-7-9-16(10-8-14)27(25,26)22-15-11-19-20(24)21-17-5-3-4-6-18(17)23(19)12-15/h3-10,13,15,19,22H,11-12H2,1-2H3,(H,21,24). The van der Waals surface area contributed by atoms with Gasteiger partial charge in [-0.3, -0.25) is 4.79 Å². The number of amides is 1. The summed E-state index contributed by atoms with van der Waals surface area (Å²) in [5.41, 5.74) is 2.80. The lowest BCUT2D eigenvalue weighted by Crippen LogP contribution is -2.44. The lowest BCUT2D eigenvalue weighted by Gasteiger charge is -2.32. The van der Waals surface area contributed by atoms with E-state index in [0.717, 1.165) is 16.9 Å². The van der Waals surface area contributed by atoms with E-state index in [0.29, 0.717) is 18.9 Å². The van der Waals surface area contributed by atoms with Crippen LogP contribution in [0.15, 0.2) is 53.4 Å². The minimum absolute atomic E-state index is 0.0864. The zero-order chi connectivity index (χ0) is 19.2. The van der Waals surface area contributed by atoms with Crippen molar-refractivity contribution in [1.29, 1.82) is 0 Å². The Balaban J connectivity index is 1.53. The molecule has 2 unspecified atom stereocenters. The number of nitrogens with one attached hydrogen (secondary N) is 2. The molecule has 4 rings (SSSR count). The molecule has 2 aromatic carbocycles. The van der Waals surface area contributed by atoms with Crippen LogP contribution in [0.1, 0.15) is 31.7 Å². The van der Waals surface area contributed by atoms with Crippen LogP contribution in [0, 0.1) is 0 Å². The van der Waals surface area contributed by atoms with Crippen molar-refractivity contribution in [2.45, 2.75) is 43.2 Å². The van der Waals surface area contributed by atoms with Gasteiger partial charge in [0.2, 0.25) is 15.9 Å². The Morgan fingerprint density at radius 3 is 2.52 bits per heavy atom. The van der Waals surface area contributed by atoms with Gasteiger partial charge < -0.3 is 10.2 Å². The van der Waals surface area contributed by atoms with Gasteiger partial charge in [-0.2, -0.15) is 0 Å². The van der Waals surface area contributed by atoms with Gasteiger partial charge in [-0.1, -0.05) is 38.1 Å². The zero-order valence-electron chi connectivity index (χ0n) is 15.3. The van der Waals surface area contributed by atoms with E-state index >= 15 is 0 Å². The topological polar surface area (TPSA) is 78.5 Å². The quantitative estimate of drug-likeness (QED) is 0.848. The number of anilines is 2. The van der Waals surface area contributed by atoms with Crippen molar-refractivity contribution < 1.29 is 13.2 Å². The highest BCUT2D eigenvalue weighted by atomic mass is 32.2. The monoisotopic (exact) mass is 385 g/mol. The van der Waals surface area contributed by atoms with Gasteiger partial charge in [0.05, 0.1) is 16.3 Å². The van der Waals surface area contributed by atoms with Crippen LogP contribution < -0.4 is 14.9 Å². The van der Waals surface area contributed by atoms with Gasteiger partial charge in [0, 0.05) is 12.6 Å². The second-order valence-corrected chi connectivity index (χ2v) is 9.17. The fourth-order valence-electron chi connectivity index (χ4n) is 3.80. The Hall–Kier alpha value is -2.38. The average Bonchev–Trinajstić information content (AvgIpc) is 3.06. The average molecular weight is 385 g/mol. The van der Waals surface area contributed by atoms with Crippen molar-refractivity contribution in [3.63, 3.8) is 0 Å². The minimum atomic E-state index is -3.63. The van der Waals surface area contributed by atoms with Crippen molar-refractivity contribution in [2.75, 3.05) is 16.8 Å². The third-order valence-electron chi connectivity index (χ3n) is 5.25. The highest BCUT2D eigenvalue weighted by Gasteiger charge is 2.42. The van der Waals surface area contributed by atoms with Crippen LogP contribution in [0.4, 0.5) is 11.4 Å². The van der Waals surface area contributed by atoms with E-state index in [9.17, 15) is 13.2 Å². The Morgan fingerprint density at radius 1 is 1.11 bits per heavy atom. The van der Waals surface area contributed by atoms with Gasteiger partial charge in [-0.15, -0.1) is 0 Å². The van der Waals surface area contributed by atoms with E-state index < -0.39 is 10.0 Å². The van der Waals surface area contributed by atoms with E-state index in [-0.39, 0.29) is 22.9 Å². The SMILES string of the molecule is CC(C)c1ccc(S(=O)(=O)NC2CC3C(=O)Nc4ccccc4N3C2)cc1. The number of hydrogen-bond donors (Lipinski definition) is 2. The van der Waals surface area contributed by atoms with E-state index in [1.54, 1.807) is 12.1 Å². The van der Waals surface area contributed by atoms with Crippen molar-refractivity contribution in [1.82, 2.24) is 4.72 Å². The summed E-state index contributed by atoms with van der Waals surface area (Å²) >= 11 is 0. The molecule has 0 spiro atoms. The molecular weight excluding hydrogens is 362 g/mol. The first-order valence-corrected chi connectivity index (χ1v) is 10.6. The molecule has 0 saturated carbocycles. The van der Waals surface area contributed by atoms with Crippen LogP contribution in [-0.2, 0) is 14.8 Å². The predicted molar refractivity (Wildman–Crippen MR) is 105 cm³/mol. The molecule has 1 amide bonds. The number of benzene rings is 2. The molecule has 2 aliphatic rings. The van der Waals surface area contributed by atoms with Gasteiger partial charge in [-0.25, -0.2) is 13.1 Å². The number of carbonyl (C=O) groups is 1. The summed E-state index contributed by atoms with van der Waals surface area (Å²) < 4.78 is 28.3. The van der Waals surface area contributed by atoms with E-state index in [2.05, 4.69) is 23.9 Å². The number of rotatable bonds is 4. The third-order valence-corrected chi connectivity index (χ3v) is 6.79. The largest absolute Gasteiger partial charge is 0.356 e.